The Balaban J connectivity index is 1.80. The molecule has 2 aromatic carbocycles. The first-order valence-electron chi connectivity index (χ1n) is 8.72. The van der Waals surface area contributed by atoms with Crippen molar-refractivity contribution in [2.24, 2.45) is 0 Å². The van der Waals surface area contributed by atoms with Crippen molar-refractivity contribution in [2.45, 2.75) is 26.9 Å². The van der Waals surface area contributed by atoms with Gasteiger partial charge in [0.15, 0.2) is 6.61 Å². The van der Waals surface area contributed by atoms with Crippen molar-refractivity contribution in [3.05, 3.63) is 59.7 Å². The van der Waals surface area contributed by atoms with Gasteiger partial charge in [-0.1, -0.05) is 37.3 Å². The third kappa shape index (κ3) is 4.06. The summed E-state index contributed by atoms with van der Waals surface area (Å²) in [5.41, 5.74) is 2.57. The molecule has 0 atom stereocenters. The van der Waals surface area contributed by atoms with Crippen molar-refractivity contribution >= 4 is 16.9 Å². The van der Waals surface area contributed by atoms with Gasteiger partial charge >= 0.3 is 5.97 Å². The van der Waals surface area contributed by atoms with E-state index in [0.29, 0.717) is 24.5 Å². The number of hydrogen-bond donors (Lipinski definition) is 0. The van der Waals surface area contributed by atoms with Crippen LogP contribution in [0.15, 0.2) is 52.9 Å². The molecule has 136 valence electrons. The summed E-state index contributed by atoms with van der Waals surface area (Å²) in [5.74, 6) is 0.261. The fourth-order valence-electron chi connectivity index (χ4n) is 2.77. The predicted molar refractivity (Wildman–Crippen MR) is 98.5 cm³/mol. The Morgan fingerprint density at radius 2 is 1.85 bits per heavy atom. The minimum atomic E-state index is -0.524. The van der Waals surface area contributed by atoms with Crippen LogP contribution >= 0.6 is 0 Å². The number of benzene rings is 2. The summed E-state index contributed by atoms with van der Waals surface area (Å²) in [7, 11) is 0. The Morgan fingerprint density at radius 1 is 1.04 bits per heavy atom. The largest absolute Gasteiger partial charge is 0.482 e. The molecule has 0 N–H and O–H groups in total. The van der Waals surface area contributed by atoms with Crippen molar-refractivity contribution in [1.29, 1.82) is 0 Å². The van der Waals surface area contributed by atoms with Gasteiger partial charge in [-0.05, 0) is 37.1 Å². The quantitative estimate of drug-likeness (QED) is 0.557. The van der Waals surface area contributed by atoms with E-state index < -0.39 is 5.97 Å². The summed E-state index contributed by atoms with van der Waals surface area (Å²) >= 11 is 0. The highest BCUT2D eigenvalue weighted by atomic mass is 16.6. The maximum absolute atomic E-state index is 12.2. The molecule has 26 heavy (non-hydrogen) atoms. The minimum absolute atomic E-state index is 0.177. The van der Waals surface area contributed by atoms with Crippen molar-refractivity contribution in [2.75, 3.05) is 13.2 Å². The minimum Gasteiger partial charge on any atom is -0.482 e. The van der Waals surface area contributed by atoms with E-state index in [4.69, 9.17) is 18.6 Å². The number of hydrogen-bond acceptors (Lipinski definition) is 5. The van der Waals surface area contributed by atoms with Crippen LogP contribution in [0.3, 0.4) is 0 Å². The summed E-state index contributed by atoms with van der Waals surface area (Å²) < 4.78 is 22.2. The number of rotatable bonds is 8. The van der Waals surface area contributed by atoms with Gasteiger partial charge in [0.2, 0.25) is 0 Å². The number of aryl methyl sites for hydroxylation is 1. The van der Waals surface area contributed by atoms with Gasteiger partial charge in [0, 0.05) is 12.0 Å². The van der Waals surface area contributed by atoms with Crippen LogP contribution in [0.5, 0.6) is 11.7 Å². The van der Waals surface area contributed by atoms with Gasteiger partial charge in [0.1, 0.15) is 11.3 Å². The van der Waals surface area contributed by atoms with E-state index in [1.54, 1.807) is 12.1 Å². The second-order valence-electron chi connectivity index (χ2n) is 5.72. The van der Waals surface area contributed by atoms with Crippen LogP contribution < -0.4 is 9.47 Å². The third-order valence-corrected chi connectivity index (χ3v) is 4.00. The number of carbonyl (C=O) groups excluding carboxylic acids is 1. The zero-order chi connectivity index (χ0) is 18.4. The van der Waals surface area contributed by atoms with Crippen molar-refractivity contribution in [1.82, 2.24) is 0 Å². The molecule has 1 aromatic heterocycles. The molecule has 3 aromatic rings. The maximum atomic E-state index is 12.2. The number of furan rings is 1. The van der Waals surface area contributed by atoms with Crippen LogP contribution in [0.4, 0.5) is 0 Å². The van der Waals surface area contributed by atoms with E-state index in [2.05, 4.69) is 6.92 Å². The first kappa shape index (κ1) is 18.0. The molecule has 0 amide bonds. The predicted octanol–water partition coefficient (Wildman–Crippen LogP) is 4.52. The van der Waals surface area contributed by atoms with Gasteiger partial charge in [0.25, 0.3) is 5.95 Å². The van der Waals surface area contributed by atoms with E-state index >= 15 is 0 Å². The standard InChI is InChI=1S/C21H22O5/c1-3-15-9-8-12-18-20(15)17(13-23-4-2)21(25-18)26-19(22)14-24-16-10-6-5-7-11-16/h5-12H,3-4,13-14H2,1-2H3. The van der Waals surface area contributed by atoms with Gasteiger partial charge in [-0.25, -0.2) is 4.79 Å². The highest BCUT2D eigenvalue weighted by Crippen LogP contribution is 2.35. The molecule has 0 saturated carbocycles. The SMILES string of the molecule is CCOCc1c(OC(=O)COc2ccccc2)oc2cccc(CC)c12. The molecule has 0 aliphatic carbocycles. The van der Waals surface area contributed by atoms with Crippen LogP contribution in [0.1, 0.15) is 25.0 Å². The van der Waals surface area contributed by atoms with Gasteiger partial charge in [-0.15, -0.1) is 0 Å². The fraction of sp³-hybridized carbons (Fsp3) is 0.286. The topological polar surface area (TPSA) is 57.9 Å². The second-order valence-corrected chi connectivity index (χ2v) is 5.72. The lowest BCUT2D eigenvalue weighted by Gasteiger charge is -2.07. The zero-order valence-corrected chi connectivity index (χ0v) is 15.0. The molecule has 0 aliphatic heterocycles. The van der Waals surface area contributed by atoms with E-state index in [1.807, 2.05) is 43.3 Å². The molecule has 0 unspecified atom stereocenters. The van der Waals surface area contributed by atoms with Gasteiger partial charge in [-0.2, -0.15) is 0 Å². The molecule has 0 aliphatic rings. The van der Waals surface area contributed by atoms with Gasteiger partial charge in [0.05, 0.1) is 12.2 Å². The first-order valence-corrected chi connectivity index (χ1v) is 8.72. The summed E-state index contributed by atoms with van der Waals surface area (Å²) in [5, 5.41) is 0.954. The van der Waals surface area contributed by atoms with E-state index in [0.717, 1.165) is 22.9 Å². The molecule has 5 nitrogen and oxygen atoms in total. The Kier molecular flexibility index (Phi) is 5.92. The lowest BCUT2D eigenvalue weighted by Crippen LogP contribution is -2.18. The Labute approximate surface area is 152 Å². The van der Waals surface area contributed by atoms with E-state index in [-0.39, 0.29) is 12.6 Å². The Bertz CT molecular complexity index is 867. The van der Waals surface area contributed by atoms with Crippen LogP contribution in [-0.4, -0.2) is 19.2 Å². The highest BCUT2D eigenvalue weighted by Gasteiger charge is 2.21. The molecular weight excluding hydrogens is 332 g/mol. The summed E-state index contributed by atoms with van der Waals surface area (Å²) in [4.78, 5) is 12.2. The molecule has 0 radical (unpaired) electrons. The number of carbonyl (C=O) groups is 1. The van der Waals surface area contributed by atoms with Crippen molar-refractivity contribution in [3.8, 4) is 11.7 Å². The normalized spacial score (nSPS) is 10.8. The Morgan fingerprint density at radius 3 is 2.58 bits per heavy atom. The molecule has 0 bridgehead atoms. The average molecular weight is 354 g/mol. The highest BCUT2D eigenvalue weighted by molar-refractivity contribution is 5.88. The molecule has 1 heterocycles. The van der Waals surface area contributed by atoms with Crippen LogP contribution in [0, 0.1) is 0 Å². The number of para-hydroxylation sites is 1. The van der Waals surface area contributed by atoms with Crippen LogP contribution in [0.25, 0.3) is 11.0 Å². The number of esters is 1. The second kappa shape index (κ2) is 8.54. The third-order valence-electron chi connectivity index (χ3n) is 4.00. The Hall–Kier alpha value is -2.79. The smallest absolute Gasteiger partial charge is 0.351 e. The lowest BCUT2D eigenvalue weighted by atomic mass is 10.0. The number of fused-ring (bicyclic) bond motifs is 1. The summed E-state index contributed by atoms with van der Waals surface area (Å²) in [6, 6.07) is 15.0. The number of ether oxygens (including phenoxy) is 3. The summed E-state index contributed by atoms with van der Waals surface area (Å²) in [6.45, 7) is 4.68. The maximum Gasteiger partial charge on any atom is 0.351 e. The molecular formula is C21H22O5. The molecule has 0 saturated heterocycles. The van der Waals surface area contributed by atoms with Gasteiger partial charge < -0.3 is 18.6 Å². The first-order chi connectivity index (χ1) is 12.7. The zero-order valence-electron chi connectivity index (χ0n) is 15.0. The van der Waals surface area contributed by atoms with Gasteiger partial charge in [-0.3, -0.25) is 0 Å². The van der Waals surface area contributed by atoms with Crippen molar-refractivity contribution < 1.29 is 23.4 Å². The monoisotopic (exact) mass is 354 g/mol. The van der Waals surface area contributed by atoms with Crippen LogP contribution in [0.2, 0.25) is 0 Å². The summed E-state index contributed by atoms with van der Waals surface area (Å²) in [6.07, 6.45) is 0.848. The van der Waals surface area contributed by atoms with Crippen LogP contribution in [-0.2, 0) is 22.6 Å². The molecule has 3 rings (SSSR count). The van der Waals surface area contributed by atoms with E-state index in [1.165, 1.54) is 0 Å². The average Bonchev–Trinajstić information content (AvgIpc) is 3.02. The lowest BCUT2D eigenvalue weighted by molar-refractivity contribution is -0.137. The van der Waals surface area contributed by atoms with Crippen molar-refractivity contribution in [3.63, 3.8) is 0 Å². The molecule has 0 fully saturated rings. The van der Waals surface area contributed by atoms with E-state index in [9.17, 15) is 4.79 Å². The fourth-order valence-corrected chi connectivity index (χ4v) is 2.77. The molecule has 5 heteroatoms. The molecule has 0 spiro atoms.